The van der Waals surface area contributed by atoms with Crippen molar-refractivity contribution in [3.63, 3.8) is 0 Å². The number of aromatic amines is 2. The summed E-state index contributed by atoms with van der Waals surface area (Å²) in [6.45, 7) is 1.80. The van der Waals surface area contributed by atoms with E-state index in [9.17, 15) is 19.5 Å². The van der Waals surface area contributed by atoms with E-state index in [4.69, 9.17) is 4.74 Å². The highest BCUT2D eigenvalue weighted by Gasteiger charge is 2.13. The quantitative estimate of drug-likeness (QED) is 0.557. The van der Waals surface area contributed by atoms with Gasteiger partial charge in [-0.1, -0.05) is 0 Å². The van der Waals surface area contributed by atoms with Crippen LogP contribution in [0.15, 0.2) is 39.4 Å². The molecule has 1 aromatic carbocycles. The summed E-state index contributed by atoms with van der Waals surface area (Å²) in [7, 11) is 0. The molecule has 1 amide bonds. The van der Waals surface area contributed by atoms with Gasteiger partial charge in [0.05, 0.1) is 11.9 Å². The number of H-pyrrole nitrogens is 2. The number of carbonyl (C=O) groups is 1. The number of nitrogens with zero attached hydrogens (tertiary/aromatic N) is 1. The molecule has 9 nitrogen and oxygen atoms in total. The topological polar surface area (TPSA) is 137 Å². The van der Waals surface area contributed by atoms with Crippen molar-refractivity contribution < 1.29 is 14.6 Å². The molecule has 3 rings (SSSR count). The zero-order chi connectivity index (χ0) is 18.0. The summed E-state index contributed by atoms with van der Waals surface area (Å²) in [5, 5.41) is 14.6. The number of hydrogen-bond donors (Lipinski definition) is 4. The van der Waals surface area contributed by atoms with E-state index in [1.807, 2.05) is 4.98 Å². The highest BCUT2D eigenvalue weighted by Crippen LogP contribution is 2.26. The average Bonchev–Trinajstić information content (AvgIpc) is 2.94. The Balaban J connectivity index is 1.86. The molecule has 25 heavy (non-hydrogen) atoms. The molecule has 0 saturated heterocycles. The third kappa shape index (κ3) is 3.93. The Morgan fingerprint density at radius 3 is 2.80 bits per heavy atom. The minimum absolute atomic E-state index is 0.0537. The molecule has 10 heteroatoms. The molecule has 2 heterocycles. The normalized spacial score (nSPS) is 10.4. The number of aryl methyl sites for hydroxylation is 1. The van der Waals surface area contributed by atoms with Crippen LogP contribution in [0.25, 0.3) is 0 Å². The summed E-state index contributed by atoms with van der Waals surface area (Å²) in [6.07, 6.45) is 1.09. The van der Waals surface area contributed by atoms with Gasteiger partial charge in [0.25, 0.3) is 11.5 Å². The van der Waals surface area contributed by atoms with Crippen molar-refractivity contribution in [1.82, 2.24) is 15.0 Å². The number of ether oxygens (including phenoxy) is 1. The molecular weight excluding hydrogens is 348 g/mol. The van der Waals surface area contributed by atoms with E-state index in [0.29, 0.717) is 5.13 Å². The van der Waals surface area contributed by atoms with Crippen molar-refractivity contribution in [1.29, 1.82) is 0 Å². The van der Waals surface area contributed by atoms with Gasteiger partial charge < -0.3 is 14.8 Å². The van der Waals surface area contributed by atoms with E-state index >= 15 is 0 Å². The minimum Gasteiger partial charge on any atom is -0.508 e. The Kier molecular flexibility index (Phi) is 4.35. The predicted octanol–water partition coefficient (Wildman–Crippen LogP) is 1.58. The number of thiazole rings is 1. The van der Waals surface area contributed by atoms with Crippen molar-refractivity contribution >= 4 is 22.4 Å². The summed E-state index contributed by atoms with van der Waals surface area (Å²) in [5.74, 6) is -0.852. The van der Waals surface area contributed by atoms with Gasteiger partial charge in [-0.25, -0.2) is 9.78 Å². The lowest BCUT2D eigenvalue weighted by atomic mass is 10.2. The maximum atomic E-state index is 12.3. The first-order valence-corrected chi connectivity index (χ1v) is 7.86. The smallest absolute Gasteiger partial charge is 0.325 e. The summed E-state index contributed by atoms with van der Waals surface area (Å²) in [6, 6.07) is 3.83. The maximum Gasteiger partial charge on any atom is 0.325 e. The summed E-state index contributed by atoms with van der Waals surface area (Å²) in [4.78, 5) is 43.3. The second-order valence-electron chi connectivity index (χ2n) is 5.00. The van der Waals surface area contributed by atoms with Gasteiger partial charge in [-0.15, -0.1) is 11.3 Å². The molecular formula is C15H12N4O5S. The van der Waals surface area contributed by atoms with Crippen LogP contribution in [0.5, 0.6) is 17.2 Å². The Morgan fingerprint density at radius 2 is 2.12 bits per heavy atom. The van der Waals surface area contributed by atoms with Crippen LogP contribution in [0.4, 0.5) is 5.13 Å². The highest BCUT2D eigenvalue weighted by molar-refractivity contribution is 7.13. The molecule has 0 spiro atoms. The number of carbonyl (C=O) groups excluding carboxylic acids is 1. The van der Waals surface area contributed by atoms with E-state index < -0.39 is 17.2 Å². The van der Waals surface area contributed by atoms with Crippen molar-refractivity contribution in [2.24, 2.45) is 0 Å². The summed E-state index contributed by atoms with van der Waals surface area (Å²) >= 11 is 1.27. The molecule has 0 atom stereocenters. The Hall–Kier alpha value is -3.40. The van der Waals surface area contributed by atoms with Gasteiger partial charge in [0.15, 0.2) is 5.13 Å². The van der Waals surface area contributed by atoms with Gasteiger partial charge in [0.2, 0.25) is 5.75 Å². The zero-order valence-electron chi connectivity index (χ0n) is 12.8. The lowest BCUT2D eigenvalue weighted by Gasteiger charge is -2.08. The average molecular weight is 360 g/mol. The van der Waals surface area contributed by atoms with Gasteiger partial charge in [-0.2, -0.15) is 0 Å². The Bertz CT molecular complexity index is 1050. The molecule has 4 N–H and O–H groups in total. The van der Waals surface area contributed by atoms with Crippen LogP contribution in [0, 0.1) is 6.92 Å². The standard InChI is InChI=1S/C15H12N4O5S/c1-7-6-25-15(17-7)19-12(21)8-2-9(20)4-10(3-8)24-11-5-16-14(23)18-13(11)22/h2-6,20H,1H3,(H,17,19,21)(H2,16,18,22,23). The Morgan fingerprint density at radius 1 is 1.32 bits per heavy atom. The molecule has 0 aliphatic heterocycles. The Labute approximate surface area is 144 Å². The van der Waals surface area contributed by atoms with Crippen LogP contribution in [0.3, 0.4) is 0 Å². The first-order chi connectivity index (χ1) is 11.9. The van der Waals surface area contributed by atoms with Gasteiger partial charge in [-0.05, 0) is 19.1 Å². The lowest BCUT2D eigenvalue weighted by molar-refractivity contribution is 0.102. The number of phenols is 1. The molecule has 0 aliphatic carbocycles. The van der Waals surface area contributed by atoms with Crippen LogP contribution in [-0.2, 0) is 0 Å². The van der Waals surface area contributed by atoms with Crippen LogP contribution in [-0.4, -0.2) is 26.0 Å². The van der Waals surface area contributed by atoms with Crippen molar-refractivity contribution in [3.8, 4) is 17.2 Å². The van der Waals surface area contributed by atoms with Gasteiger partial charge in [0, 0.05) is 17.0 Å². The number of nitrogens with one attached hydrogen (secondary N) is 3. The van der Waals surface area contributed by atoms with Crippen molar-refractivity contribution in [2.45, 2.75) is 6.92 Å². The third-order valence-electron chi connectivity index (χ3n) is 3.01. The second-order valence-corrected chi connectivity index (χ2v) is 5.86. The van der Waals surface area contributed by atoms with E-state index in [2.05, 4.69) is 15.3 Å². The van der Waals surface area contributed by atoms with Crippen LogP contribution >= 0.6 is 11.3 Å². The van der Waals surface area contributed by atoms with Crippen LogP contribution < -0.4 is 21.3 Å². The van der Waals surface area contributed by atoms with E-state index in [1.54, 1.807) is 12.3 Å². The second kappa shape index (κ2) is 6.61. The molecule has 2 aromatic heterocycles. The number of benzene rings is 1. The molecule has 128 valence electrons. The van der Waals surface area contributed by atoms with Crippen molar-refractivity contribution in [2.75, 3.05) is 5.32 Å². The molecule has 0 aliphatic rings. The molecule has 0 unspecified atom stereocenters. The fourth-order valence-electron chi connectivity index (χ4n) is 1.95. The monoisotopic (exact) mass is 360 g/mol. The number of rotatable bonds is 4. The number of aromatic nitrogens is 3. The van der Waals surface area contributed by atoms with Crippen molar-refractivity contribution in [3.05, 3.63) is 61.9 Å². The maximum absolute atomic E-state index is 12.3. The minimum atomic E-state index is -0.739. The number of phenolic OH excluding ortho intramolecular Hbond substituents is 1. The fourth-order valence-corrected chi connectivity index (χ4v) is 2.64. The van der Waals surface area contributed by atoms with Crippen LogP contribution in [0.2, 0.25) is 0 Å². The van der Waals surface area contributed by atoms with E-state index in [1.165, 1.54) is 29.5 Å². The summed E-state index contributed by atoms with van der Waals surface area (Å²) < 4.78 is 5.32. The molecule has 0 fully saturated rings. The zero-order valence-corrected chi connectivity index (χ0v) is 13.6. The van der Waals surface area contributed by atoms with Gasteiger partial charge in [-0.3, -0.25) is 19.9 Å². The number of amides is 1. The van der Waals surface area contributed by atoms with E-state index in [0.717, 1.165) is 11.9 Å². The number of anilines is 1. The fraction of sp³-hybridized carbons (Fsp3) is 0.0667. The molecule has 3 aromatic rings. The van der Waals surface area contributed by atoms with Gasteiger partial charge in [0.1, 0.15) is 11.5 Å². The van der Waals surface area contributed by atoms with Crippen LogP contribution in [0.1, 0.15) is 16.1 Å². The number of hydrogen-bond acceptors (Lipinski definition) is 7. The molecule has 0 saturated carbocycles. The summed E-state index contributed by atoms with van der Waals surface area (Å²) in [5.41, 5.74) is -0.523. The lowest BCUT2D eigenvalue weighted by Crippen LogP contribution is -2.22. The predicted molar refractivity (Wildman–Crippen MR) is 90.7 cm³/mol. The van der Waals surface area contributed by atoms with E-state index in [-0.39, 0.29) is 22.8 Å². The third-order valence-corrected chi connectivity index (χ3v) is 3.88. The highest BCUT2D eigenvalue weighted by atomic mass is 32.1. The molecule has 0 radical (unpaired) electrons. The molecule has 0 bridgehead atoms. The van der Waals surface area contributed by atoms with Gasteiger partial charge >= 0.3 is 5.69 Å². The number of aromatic hydroxyl groups is 1. The SMILES string of the molecule is Cc1csc(NC(=O)c2cc(O)cc(Oc3c[nH]c(=O)[nH]c3=O)c2)n1. The first-order valence-electron chi connectivity index (χ1n) is 6.98. The first kappa shape index (κ1) is 16.5. The largest absolute Gasteiger partial charge is 0.508 e.